The molecule has 0 bridgehead atoms. The molecule has 0 aliphatic heterocycles. The number of hydrogen-bond acceptors (Lipinski definition) is 3. The molecule has 2 amide bonds. The van der Waals surface area contributed by atoms with E-state index in [4.69, 9.17) is 5.11 Å². The smallest absolute Gasteiger partial charge is 0.309 e. The van der Waals surface area contributed by atoms with Gasteiger partial charge in [-0.3, -0.25) is 9.59 Å². The Morgan fingerprint density at radius 2 is 1.91 bits per heavy atom. The number of fused-ring (bicyclic) bond motifs is 1. The monoisotopic (exact) mass is 318 g/mol. The Labute approximate surface area is 137 Å². The Morgan fingerprint density at radius 3 is 2.61 bits per heavy atom. The lowest BCUT2D eigenvalue weighted by molar-refractivity contribution is -0.139. The Balaban J connectivity index is 1.99. The van der Waals surface area contributed by atoms with E-state index >= 15 is 0 Å². The summed E-state index contributed by atoms with van der Waals surface area (Å²) in [5.41, 5.74) is 3.83. The second kappa shape index (κ2) is 8.67. The van der Waals surface area contributed by atoms with Crippen molar-refractivity contribution in [1.29, 1.82) is 0 Å². The number of nitrogens with one attached hydrogen (secondary N) is 2. The highest BCUT2D eigenvalue weighted by Crippen LogP contribution is 2.26. The fraction of sp³-hybridized carbons (Fsp3) is 0.556. The van der Waals surface area contributed by atoms with Gasteiger partial charge < -0.3 is 15.7 Å². The maximum atomic E-state index is 12.0. The van der Waals surface area contributed by atoms with Crippen LogP contribution in [0.3, 0.4) is 0 Å². The highest BCUT2D eigenvalue weighted by Gasteiger charge is 2.19. The summed E-state index contributed by atoms with van der Waals surface area (Å²) in [5.74, 6) is -1.26. The largest absolute Gasteiger partial charge is 0.396 e. The van der Waals surface area contributed by atoms with Crippen molar-refractivity contribution in [3.8, 4) is 0 Å². The Kier molecular flexibility index (Phi) is 6.59. The summed E-state index contributed by atoms with van der Waals surface area (Å²) in [7, 11) is 0. The van der Waals surface area contributed by atoms with Crippen molar-refractivity contribution in [2.24, 2.45) is 0 Å². The first-order valence-electron chi connectivity index (χ1n) is 8.47. The van der Waals surface area contributed by atoms with Crippen molar-refractivity contribution in [3.63, 3.8) is 0 Å². The van der Waals surface area contributed by atoms with Crippen LogP contribution >= 0.6 is 0 Å². The van der Waals surface area contributed by atoms with Gasteiger partial charge in [0, 0.05) is 13.2 Å². The molecule has 0 fully saturated rings. The van der Waals surface area contributed by atoms with Crippen LogP contribution < -0.4 is 10.6 Å². The van der Waals surface area contributed by atoms with Crippen molar-refractivity contribution >= 4 is 11.8 Å². The highest BCUT2D eigenvalue weighted by atomic mass is 16.3. The quantitative estimate of drug-likeness (QED) is 0.551. The van der Waals surface area contributed by atoms with Gasteiger partial charge in [0.25, 0.3) is 0 Å². The van der Waals surface area contributed by atoms with E-state index in [2.05, 4.69) is 28.8 Å². The van der Waals surface area contributed by atoms with E-state index in [1.165, 1.54) is 24.0 Å². The van der Waals surface area contributed by atoms with E-state index in [1.54, 1.807) is 0 Å². The van der Waals surface area contributed by atoms with Gasteiger partial charge in [-0.2, -0.15) is 0 Å². The summed E-state index contributed by atoms with van der Waals surface area (Å²) >= 11 is 0. The van der Waals surface area contributed by atoms with Crippen LogP contribution in [0, 0.1) is 0 Å². The van der Waals surface area contributed by atoms with Crippen LogP contribution in [0.15, 0.2) is 18.2 Å². The zero-order valence-electron chi connectivity index (χ0n) is 13.7. The van der Waals surface area contributed by atoms with E-state index in [1.807, 2.05) is 6.92 Å². The minimum Gasteiger partial charge on any atom is -0.396 e. The van der Waals surface area contributed by atoms with Crippen LogP contribution in [0.1, 0.15) is 55.3 Å². The van der Waals surface area contributed by atoms with Crippen LogP contribution in [0.25, 0.3) is 0 Å². The molecule has 0 spiro atoms. The number of aliphatic hydroxyl groups excluding tert-OH is 1. The molecule has 1 aromatic rings. The van der Waals surface area contributed by atoms with Crippen molar-refractivity contribution in [2.75, 3.05) is 13.2 Å². The van der Waals surface area contributed by atoms with Crippen LogP contribution in [0.4, 0.5) is 0 Å². The zero-order chi connectivity index (χ0) is 16.7. The number of aryl methyl sites for hydroxylation is 2. The molecule has 1 atom stereocenters. The third-order valence-electron chi connectivity index (χ3n) is 4.32. The molecular formula is C18H26N2O3. The van der Waals surface area contributed by atoms with Gasteiger partial charge >= 0.3 is 11.8 Å². The molecule has 1 aliphatic carbocycles. The van der Waals surface area contributed by atoms with Crippen molar-refractivity contribution in [3.05, 3.63) is 34.9 Å². The molecule has 1 aromatic carbocycles. The predicted octanol–water partition coefficient (Wildman–Crippen LogP) is 1.63. The molecule has 5 nitrogen and oxygen atoms in total. The molecule has 1 unspecified atom stereocenters. The van der Waals surface area contributed by atoms with E-state index in [9.17, 15) is 9.59 Å². The van der Waals surface area contributed by atoms with Gasteiger partial charge in [0.1, 0.15) is 0 Å². The van der Waals surface area contributed by atoms with E-state index in [0.29, 0.717) is 13.0 Å². The van der Waals surface area contributed by atoms with Crippen LogP contribution in [0.2, 0.25) is 0 Å². The van der Waals surface area contributed by atoms with Crippen LogP contribution in [0.5, 0.6) is 0 Å². The average Bonchev–Trinajstić information content (AvgIpc) is 2.59. The SMILES string of the molecule is CCC(NC(=O)C(=O)NCCCO)c1ccc2c(c1)CCCC2. The molecule has 2 rings (SSSR count). The number of benzene rings is 1. The van der Waals surface area contributed by atoms with Crippen molar-refractivity contribution in [2.45, 2.75) is 51.5 Å². The first-order chi connectivity index (χ1) is 11.2. The van der Waals surface area contributed by atoms with E-state index in [0.717, 1.165) is 24.8 Å². The predicted molar refractivity (Wildman–Crippen MR) is 89.0 cm³/mol. The maximum absolute atomic E-state index is 12.0. The third-order valence-corrected chi connectivity index (χ3v) is 4.32. The molecule has 5 heteroatoms. The molecule has 0 saturated heterocycles. The lowest BCUT2D eigenvalue weighted by Gasteiger charge is -2.21. The van der Waals surface area contributed by atoms with Gasteiger partial charge in [0.05, 0.1) is 6.04 Å². The maximum Gasteiger partial charge on any atom is 0.309 e. The second-order valence-electron chi connectivity index (χ2n) is 6.00. The minimum atomic E-state index is -0.644. The summed E-state index contributed by atoms with van der Waals surface area (Å²) in [6.07, 6.45) is 5.86. The number of amides is 2. The molecular weight excluding hydrogens is 292 g/mol. The summed E-state index contributed by atoms with van der Waals surface area (Å²) < 4.78 is 0. The number of rotatable bonds is 6. The number of aliphatic hydroxyl groups is 1. The summed E-state index contributed by atoms with van der Waals surface area (Å²) in [5, 5.41) is 14.0. The fourth-order valence-corrected chi connectivity index (χ4v) is 2.98. The van der Waals surface area contributed by atoms with Gasteiger partial charge in [-0.1, -0.05) is 25.1 Å². The number of carbonyl (C=O) groups excluding carboxylic acids is 2. The molecule has 23 heavy (non-hydrogen) atoms. The summed E-state index contributed by atoms with van der Waals surface area (Å²) in [6, 6.07) is 6.23. The standard InChI is InChI=1S/C18H26N2O3/c1-2-16(20-18(23)17(22)19-10-5-11-21)15-9-8-13-6-3-4-7-14(13)12-15/h8-9,12,16,21H,2-7,10-11H2,1H3,(H,19,22)(H,20,23). The second-order valence-corrected chi connectivity index (χ2v) is 6.00. The van der Waals surface area contributed by atoms with Gasteiger partial charge in [-0.25, -0.2) is 0 Å². The third kappa shape index (κ3) is 4.79. The molecule has 3 N–H and O–H groups in total. The Hall–Kier alpha value is -1.88. The topological polar surface area (TPSA) is 78.4 Å². The molecule has 0 radical (unpaired) electrons. The number of hydrogen-bond donors (Lipinski definition) is 3. The van der Waals surface area contributed by atoms with Gasteiger partial charge in [-0.15, -0.1) is 0 Å². The molecule has 0 heterocycles. The Bertz CT molecular complexity index is 557. The van der Waals surface area contributed by atoms with E-state index in [-0.39, 0.29) is 12.6 Å². The van der Waals surface area contributed by atoms with Gasteiger partial charge in [0.2, 0.25) is 0 Å². The lowest BCUT2D eigenvalue weighted by Crippen LogP contribution is -2.41. The number of carbonyl (C=O) groups is 2. The fourth-order valence-electron chi connectivity index (χ4n) is 2.98. The minimum absolute atomic E-state index is 0.00535. The summed E-state index contributed by atoms with van der Waals surface area (Å²) in [4.78, 5) is 23.7. The molecule has 126 valence electrons. The first-order valence-corrected chi connectivity index (χ1v) is 8.47. The van der Waals surface area contributed by atoms with Gasteiger partial charge in [0.15, 0.2) is 0 Å². The molecule has 1 aliphatic rings. The normalized spacial score (nSPS) is 14.7. The van der Waals surface area contributed by atoms with Crippen molar-refractivity contribution in [1.82, 2.24) is 10.6 Å². The average molecular weight is 318 g/mol. The Morgan fingerprint density at radius 1 is 1.17 bits per heavy atom. The molecule has 0 saturated carbocycles. The van der Waals surface area contributed by atoms with Crippen molar-refractivity contribution < 1.29 is 14.7 Å². The van der Waals surface area contributed by atoms with Gasteiger partial charge in [-0.05, 0) is 55.2 Å². The highest BCUT2D eigenvalue weighted by molar-refractivity contribution is 6.35. The summed E-state index contributed by atoms with van der Waals surface area (Å²) in [6.45, 7) is 2.29. The van der Waals surface area contributed by atoms with E-state index < -0.39 is 11.8 Å². The zero-order valence-corrected chi connectivity index (χ0v) is 13.7. The molecule has 0 aromatic heterocycles. The lowest BCUT2D eigenvalue weighted by atomic mass is 9.89. The first kappa shape index (κ1) is 17.5. The van der Waals surface area contributed by atoms with Crippen LogP contribution in [-0.4, -0.2) is 30.1 Å². The van der Waals surface area contributed by atoms with Crippen LogP contribution in [-0.2, 0) is 22.4 Å².